The summed E-state index contributed by atoms with van der Waals surface area (Å²) < 4.78 is 29.5. The minimum atomic E-state index is -3.55. The molecule has 7 nitrogen and oxygen atoms in total. The van der Waals surface area contributed by atoms with E-state index < -0.39 is 10.0 Å². The fourth-order valence-electron chi connectivity index (χ4n) is 3.10. The van der Waals surface area contributed by atoms with Gasteiger partial charge in [0.15, 0.2) is 0 Å². The summed E-state index contributed by atoms with van der Waals surface area (Å²) in [7, 11) is -3.55. The normalized spacial score (nSPS) is 15.2. The molecule has 1 aromatic carbocycles. The van der Waals surface area contributed by atoms with Crippen LogP contribution in [-0.2, 0) is 16.6 Å². The number of imidazole rings is 1. The van der Waals surface area contributed by atoms with Gasteiger partial charge < -0.3 is 9.88 Å². The number of benzene rings is 1. The van der Waals surface area contributed by atoms with Crippen LogP contribution in [0.4, 0.5) is 0 Å². The highest BCUT2D eigenvalue weighted by molar-refractivity contribution is 9.10. The number of nitrogens with zero attached hydrogens (tertiary/aromatic N) is 3. The van der Waals surface area contributed by atoms with Crippen molar-refractivity contribution in [2.75, 3.05) is 19.6 Å². The smallest absolute Gasteiger partial charge is 0.252 e. The molecule has 9 heteroatoms. The Balaban J connectivity index is 1.64. The summed E-state index contributed by atoms with van der Waals surface area (Å²) in [5.41, 5.74) is 0.328. The van der Waals surface area contributed by atoms with E-state index in [2.05, 4.69) is 26.2 Å². The van der Waals surface area contributed by atoms with Crippen molar-refractivity contribution in [3.63, 3.8) is 0 Å². The van der Waals surface area contributed by atoms with Gasteiger partial charge in [-0.3, -0.25) is 4.79 Å². The molecule has 27 heavy (non-hydrogen) atoms. The van der Waals surface area contributed by atoms with E-state index in [-0.39, 0.29) is 10.8 Å². The zero-order valence-corrected chi connectivity index (χ0v) is 17.6. The van der Waals surface area contributed by atoms with Gasteiger partial charge in [0.1, 0.15) is 5.82 Å². The van der Waals surface area contributed by atoms with Gasteiger partial charge in [-0.15, -0.1) is 0 Å². The number of aromatic nitrogens is 2. The monoisotopic (exact) mass is 454 g/mol. The fourth-order valence-corrected chi connectivity index (χ4v) is 5.07. The summed E-state index contributed by atoms with van der Waals surface area (Å²) >= 11 is 3.35. The standard InChI is InChI=1S/C18H23BrN4O3S/c1-14-20-8-12-22(14)9-4-7-21-18(24)16-13-15(5-6-17(16)19)27(25,26)23-10-2-3-11-23/h5-6,8,12-13H,2-4,7,9-11H2,1H3,(H,21,24). The Kier molecular flexibility index (Phi) is 6.33. The number of nitrogens with one attached hydrogen (secondary N) is 1. The molecular weight excluding hydrogens is 432 g/mol. The minimum absolute atomic E-state index is 0.159. The largest absolute Gasteiger partial charge is 0.352 e. The Labute approximate surface area is 168 Å². The van der Waals surface area contributed by atoms with Gasteiger partial charge in [-0.25, -0.2) is 13.4 Å². The molecule has 1 aliphatic rings. The van der Waals surface area contributed by atoms with E-state index in [9.17, 15) is 13.2 Å². The van der Waals surface area contributed by atoms with Crippen LogP contribution in [0.3, 0.4) is 0 Å². The van der Waals surface area contributed by atoms with Gasteiger partial charge in [0.25, 0.3) is 5.91 Å². The average molecular weight is 455 g/mol. The number of hydrogen-bond acceptors (Lipinski definition) is 4. The van der Waals surface area contributed by atoms with Crippen LogP contribution in [0.15, 0.2) is 40.0 Å². The van der Waals surface area contributed by atoms with Crippen LogP contribution < -0.4 is 5.32 Å². The van der Waals surface area contributed by atoms with E-state index in [4.69, 9.17) is 0 Å². The quantitative estimate of drug-likeness (QED) is 0.651. The van der Waals surface area contributed by atoms with Crippen LogP contribution in [0.5, 0.6) is 0 Å². The highest BCUT2D eigenvalue weighted by atomic mass is 79.9. The first kappa shape index (κ1) is 20.0. The molecule has 1 aliphatic heterocycles. The number of hydrogen-bond donors (Lipinski definition) is 1. The van der Waals surface area contributed by atoms with E-state index in [1.165, 1.54) is 16.4 Å². The summed E-state index contributed by atoms with van der Waals surface area (Å²) in [6, 6.07) is 4.61. The molecule has 3 rings (SSSR count). The second-order valence-electron chi connectivity index (χ2n) is 6.53. The van der Waals surface area contributed by atoms with Crippen molar-refractivity contribution in [2.24, 2.45) is 0 Å². The summed E-state index contributed by atoms with van der Waals surface area (Å²) in [5, 5.41) is 2.86. The van der Waals surface area contributed by atoms with Crippen molar-refractivity contribution >= 4 is 31.9 Å². The highest BCUT2D eigenvalue weighted by Gasteiger charge is 2.28. The molecule has 0 bridgehead atoms. The molecule has 1 amide bonds. The zero-order valence-electron chi connectivity index (χ0n) is 15.2. The third kappa shape index (κ3) is 4.59. The Hall–Kier alpha value is -1.71. The lowest BCUT2D eigenvalue weighted by Crippen LogP contribution is -2.29. The molecule has 1 saturated heterocycles. The maximum atomic E-state index is 12.7. The van der Waals surface area contributed by atoms with Crippen molar-refractivity contribution in [3.8, 4) is 0 Å². The fraction of sp³-hybridized carbons (Fsp3) is 0.444. The molecule has 0 spiro atoms. The van der Waals surface area contributed by atoms with Crippen LogP contribution in [-0.4, -0.2) is 47.8 Å². The number of rotatable bonds is 7. The third-order valence-electron chi connectivity index (χ3n) is 4.67. The van der Waals surface area contributed by atoms with Gasteiger partial charge in [0.05, 0.1) is 10.5 Å². The minimum Gasteiger partial charge on any atom is -0.352 e. The lowest BCUT2D eigenvalue weighted by Gasteiger charge is -2.16. The van der Waals surface area contributed by atoms with Crippen LogP contribution in [0.2, 0.25) is 0 Å². The van der Waals surface area contributed by atoms with Gasteiger partial charge in [0, 0.05) is 43.0 Å². The highest BCUT2D eigenvalue weighted by Crippen LogP contribution is 2.25. The molecular formula is C18H23BrN4O3S. The summed E-state index contributed by atoms with van der Waals surface area (Å²) in [6.45, 7) is 4.26. The Morgan fingerprint density at radius 2 is 2.04 bits per heavy atom. The maximum Gasteiger partial charge on any atom is 0.252 e. The average Bonchev–Trinajstić information content (AvgIpc) is 3.31. The number of carbonyl (C=O) groups is 1. The SMILES string of the molecule is Cc1nccn1CCCNC(=O)c1cc(S(=O)(=O)N2CCCC2)ccc1Br. The van der Waals surface area contributed by atoms with Crippen molar-refractivity contribution in [1.82, 2.24) is 19.2 Å². The second kappa shape index (κ2) is 8.53. The third-order valence-corrected chi connectivity index (χ3v) is 7.26. The van der Waals surface area contributed by atoms with Crippen molar-refractivity contribution in [3.05, 3.63) is 46.5 Å². The van der Waals surface area contributed by atoms with E-state index in [0.29, 0.717) is 29.7 Å². The van der Waals surface area contributed by atoms with Crippen LogP contribution >= 0.6 is 15.9 Å². The molecule has 1 aromatic heterocycles. The van der Waals surface area contributed by atoms with Crippen molar-refractivity contribution in [1.29, 1.82) is 0 Å². The van der Waals surface area contributed by atoms with Gasteiger partial charge in [-0.2, -0.15) is 4.31 Å². The van der Waals surface area contributed by atoms with E-state index in [0.717, 1.165) is 31.6 Å². The maximum absolute atomic E-state index is 12.7. The van der Waals surface area contributed by atoms with Gasteiger partial charge in [0.2, 0.25) is 10.0 Å². The first-order chi connectivity index (χ1) is 12.9. The molecule has 0 saturated carbocycles. The molecule has 0 unspecified atom stereocenters. The first-order valence-electron chi connectivity index (χ1n) is 8.95. The first-order valence-corrected chi connectivity index (χ1v) is 11.2. The predicted molar refractivity (Wildman–Crippen MR) is 106 cm³/mol. The second-order valence-corrected chi connectivity index (χ2v) is 9.32. The molecule has 2 heterocycles. The number of amides is 1. The lowest BCUT2D eigenvalue weighted by molar-refractivity contribution is 0.0951. The van der Waals surface area contributed by atoms with Crippen LogP contribution in [0, 0.1) is 6.92 Å². The number of aryl methyl sites for hydroxylation is 2. The van der Waals surface area contributed by atoms with Crippen LogP contribution in [0.25, 0.3) is 0 Å². The Morgan fingerprint density at radius 3 is 2.70 bits per heavy atom. The van der Waals surface area contributed by atoms with E-state index in [1.54, 1.807) is 12.3 Å². The van der Waals surface area contributed by atoms with Crippen LogP contribution in [0.1, 0.15) is 35.4 Å². The van der Waals surface area contributed by atoms with E-state index >= 15 is 0 Å². The van der Waals surface area contributed by atoms with Gasteiger partial charge in [-0.1, -0.05) is 0 Å². The molecule has 146 valence electrons. The molecule has 0 aliphatic carbocycles. The molecule has 2 aromatic rings. The summed E-state index contributed by atoms with van der Waals surface area (Å²) in [4.78, 5) is 16.8. The van der Waals surface area contributed by atoms with E-state index in [1.807, 2.05) is 17.7 Å². The van der Waals surface area contributed by atoms with Gasteiger partial charge in [-0.05, 0) is 60.3 Å². The summed E-state index contributed by atoms with van der Waals surface area (Å²) in [6.07, 6.45) is 6.16. The number of carbonyl (C=O) groups excluding carboxylic acids is 1. The molecule has 1 fully saturated rings. The van der Waals surface area contributed by atoms with Crippen molar-refractivity contribution < 1.29 is 13.2 Å². The molecule has 0 atom stereocenters. The number of sulfonamides is 1. The molecule has 0 radical (unpaired) electrons. The topological polar surface area (TPSA) is 84.3 Å². The molecule has 1 N–H and O–H groups in total. The summed E-state index contributed by atoms with van der Waals surface area (Å²) in [5.74, 6) is 0.645. The lowest BCUT2D eigenvalue weighted by atomic mass is 10.2. The predicted octanol–water partition coefficient (Wildman–Crippen LogP) is 2.56. The number of halogens is 1. The van der Waals surface area contributed by atoms with Gasteiger partial charge >= 0.3 is 0 Å². The zero-order chi connectivity index (χ0) is 19.4. The Bertz CT molecular complexity index is 920. The Morgan fingerprint density at radius 1 is 1.30 bits per heavy atom. The van der Waals surface area contributed by atoms with Crippen molar-refractivity contribution in [2.45, 2.75) is 37.6 Å².